The molecule has 2 N–H and O–H groups in total. The largest absolute Gasteiger partial charge is 0.416 e. The van der Waals surface area contributed by atoms with Crippen molar-refractivity contribution >= 4 is 0 Å². The lowest BCUT2D eigenvalue weighted by atomic mass is 10.1. The second-order valence-electron chi connectivity index (χ2n) is 5.43. The molecule has 19 heavy (non-hydrogen) atoms. The van der Waals surface area contributed by atoms with Gasteiger partial charge >= 0.3 is 6.18 Å². The van der Waals surface area contributed by atoms with E-state index in [9.17, 15) is 13.2 Å². The molecule has 5 heteroatoms. The first kappa shape index (κ1) is 14.3. The molecule has 0 bridgehead atoms. The Morgan fingerprint density at radius 1 is 1.00 bits per heavy atom. The molecule has 1 aliphatic heterocycles. The SMILES string of the molecule is C[NH+]1CCC[NH+](Cc2ccc(C(F)(F)F)cc2)CC1. The Kier molecular flexibility index (Phi) is 4.47. The summed E-state index contributed by atoms with van der Waals surface area (Å²) in [6, 6.07) is 5.59. The van der Waals surface area contributed by atoms with E-state index < -0.39 is 11.7 Å². The molecule has 1 aliphatic rings. The Hall–Kier alpha value is -1.07. The first-order valence-electron chi connectivity index (χ1n) is 6.76. The van der Waals surface area contributed by atoms with E-state index in [4.69, 9.17) is 0 Å². The summed E-state index contributed by atoms with van der Waals surface area (Å²) >= 11 is 0. The third kappa shape index (κ3) is 4.21. The minimum atomic E-state index is -4.24. The summed E-state index contributed by atoms with van der Waals surface area (Å²) in [5.74, 6) is 0. The summed E-state index contributed by atoms with van der Waals surface area (Å²) in [7, 11) is 2.20. The minimum absolute atomic E-state index is 0.564. The molecule has 1 aromatic rings. The first-order valence-corrected chi connectivity index (χ1v) is 6.76. The van der Waals surface area contributed by atoms with Crippen molar-refractivity contribution in [3.63, 3.8) is 0 Å². The van der Waals surface area contributed by atoms with Gasteiger partial charge in [0.25, 0.3) is 0 Å². The van der Waals surface area contributed by atoms with Crippen LogP contribution < -0.4 is 9.80 Å². The minimum Gasteiger partial charge on any atom is -0.333 e. The van der Waals surface area contributed by atoms with Gasteiger partial charge < -0.3 is 9.80 Å². The molecule has 0 amide bonds. The van der Waals surface area contributed by atoms with E-state index in [-0.39, 0.29) is 0 Å². The monoisotopic (exact) mass is 274 g/mol. The van der Waals surface area contributed by atoms with Gasteiger partial charge in [-0.3, -0.25) is 0 Å². The maximum absolute atomic E-state index is 12.5. The van der Waals surface area contributed by atoms with E-state index in [1.807, 2.05) is 0 Å². The van der Waals surface area contributed by atoms with Gasteiger partial charge in [-0.15, -0.1) is 0 Å². The van der Waals surface area contributed by atoms with E-state index >= 15 is 0 Å². The standard InChI is InChI=1S/C14H19F3N2/c1-18-7-2-8-19(10-9-18)11-12-3-5-13(6-4-12)14(15,16)17/h3-6H,2,7-11H2,1H3/p+2. The van der Waals surface area contributed by atoms with E-state index in [0.717, 1.165) is 31.7 Å². The molecule has 1 heterocycles. The number of likely N-dealkylation sites (N-methyl/N-ethyl adjacent to an activating group) is 1. The van der Waals surface area contributed by atoms with E-state index in [0.29, 0.717) is 0 Å². The van der Waals surface area contributed by atoms with E-state index in [1.54, 1.807) is 17.0 Å². The molecule has 0 aromatic heterocycles. The molecule has 0 spiro atoms. The number of quaternary nitrogens is 2. The van der Waals surface area contributed by atoms with Crippen molar-refractivity contribution in [3.8, 4) is 0 Å². The van der Waals surface area contributed by atoms with Crippen molar-refractivity contribution < 1.29 is 23.0 Å². The number of rotatable bonds is 2. The number of hydrogen-bond donors (Lipinski definition) is 2. The van der Waals surface area contributed by atoms with Crippen molar-refractivity contribution in [3.05, 3.63) is 35.4 Å². The highest BCUT2D eigenvalue weighted by atomic mass is 19.4. The third-order valence-electron chi connectivity index (χ3n) is 3.77. The second kappa shape index (κ2) is 5.92. The summed E-state index contributed by atoms with van der Waals surface area (Å²) in [5.41, 5.74) is 0.425. The predicted molar refractivity (Wildman–Crippen MR) is 67.1 cm³/mol. The van der Waals surface area contributed by atoms with Crippen LogP contribution in [-0.4, -0.2) is 33.2 Å². The van der Waals surface area contributed by atoms with Gasteiger partial charge in [-0.1, -0.05) is 12.1 Å². The fraction of sp³-hybridized carbons (Fsp3) is 0.571. The smallest absolute Gasteiger partial charge is 0.333 e. The number of hydrogen-bond acceptors (Lipinski definition) is 0. The highest BCUT2D eigenvalue weighted by Gasteiger charge is 2.30. The van der Waals surface area contributed by atoms with Crippen molar-refractivity contribution in [2.45, 2.75) is 19.1 Å². The molecule has 106 valence electrons. The molecule has 0 aliphatic carbocycles. The zero-order valence-corrected chi connectivity index (χ0v) is 11.2. The lowest BCUT2D eigenvalue weighted by Crippen LogP contribution is -3.15. The Morgan fingerprint density at radius 3 is 2.32 bits per heavy atom. The van der Waals surface area contributed by atoms with Crippen LogP contribution in [0.3, 0.4) is 0 Å². The Labute approximate surface area is 111 Å². The van der Waals surface area contributed by atoms with Gasteiger partial charge in [0.15, 0.2) is 0 Å². The van der Waals surface area contributed by atoms with Crippen LogP contribution >= 0.6 is 0 Å². The van der Waals surface area contributed by atoms with Gasteiger partial charge in [0, 0.05) is 12.0 Å². The average molecular weight is 274 g/mol. The molecule has 2 nitrogen and oxygen atoms in total. The van der Waals surface area contributed by atoms with E-state index in [2.05, 4.69) is 7.05 Å². The van der Waals surface area contributed by atoms with Gasteiger partial charge in [0.1, 0.15) is 19.6 Å². The lowest BCUT2D eigenvalue weighted by molar-refractivity contribution is -0.938. The summed E-state index contributed by atoms with van der Waals surface area (Å²) in [5, 5.41) is 0. The Balaban J connectivity index is 1.96. The van der Waals surface area contributed by atoms with Gasteiger partial charge in [-0.2, -0.15) is 13.2 Å². The maximum Gasteiger partial charge on any atom is 0.416 e. The number of alkyl halides is 3. The normalized spacial score (nSPS) is 25.1. The van der Waals surface area contributed by atoms with Crippen LogP contribution in [0.1, 0.15) is 17.5 Å². The highest BCUT2D eigenvalue weighted by Crippen LogP contribution is 2.28. The average Bonchev–Trinajstić information content (AvgIpc) is 2.54. The predicted octanol–water partition coefficient (Wildman–Crippen LogP) is 0.00870. The fourth-order valence-corrected chi connectivity index (χ4v) is 2.56. The van der Waals surface area contributed by atoms with Crippen molar-refractivity contribution in [1.29, 1.82) is 0 Å². The summed E-state index contributed by atoms with van der Waals surface area (Å²) < 4.78 is 37.4. The summed E-state index contributed by atoms with van der Waals surface area (Å²) in [6.45, 7) is 5.35. The van der Waals surface area contributed by atoms with Gasteiger partial charge in [-0.25, -0.2) is 0 Å². The molecule has 2 atom stereocenters. The molecule has 1 aromatic carbocycles. The Bertz CT molecular complexity index is 400. The van der Waals surface area contributed by atoms with Gasteiger partial charge in [-0.05, 0) is 12.1 Å². The van der Waals surface area contributed by atoms with Crippen molar-refractivity contribution in [2.24, 2.45) is 0 Å². The number of halogens is 3. The lowest BCUT2D eigenvalue weighted by Gasteiger charge is -2.16. The molecule has 0 saturated carbocycles. The van der Waals surface area contributed by atoms with Crippen LogP contribution in [0.4, 0.5) is 13.2 Å². The topological polar surface area (TPSA) is 8.88 Å². The van der Waals surface area contributed by atoms with Crippen LogP contribution in [0.15, 0.2) is 24.3 Å². The zero-order chi connectivity index (χ0) is 13.9. The molecule has 0 radical (unpaired) electrons. The quantitative estimate of drug-likeness (QED) is 0.752. The fourth-order valence-electron chi connectivity index (χ4n) is 2.56. The molecular weight excluding hydrogens is 253 g/mol. The molecule has 2 unspecified atom stereocenters. The molecular formula is C14H21F3N2+2. The van der Waals surface area contributed by atoms with Gasteiger partial charge in [0.05, 0.1) is 25.7 Å². The van der Waals surface area contributed by atoms with E-state index in [1.165, 1.54) is 30.0 Å². The second-order valence-corrected chi connectivity index (χ2v) is 5.43. The van der Waals surface area contributed by atoms with Crippen LogP contribution in [0.25, 0.3) is 0 Å². The number of nitrogens with one attached hydrogen (secondary N) is 2. The molecule has 1 fully saturated rings. The maximum atomic E-state index is 12.5. The zero-order valence-electron chi connectivity index (χ0n) is 11.2. The van der Waals surface area contributed by atoms with Crippen LogP contribution in [0, 0.1) is 0 Å². The van der Waals surface area contributed by atoms with Crippen LogP contribution in [-0.2, 0) is 12.7 Å². The van der Waals surface area contributed by atoms with Crippen molar-refractivity contribution in [2.75, 3.05) is 33.2 Å². The molecule has 1 saturated heterocycles. The Morgan fingerprint density at radius 2 is 1.68 bits per heavy atom. The van der Waals surface area contributed by atoms with Crippen LogP contribution in [0.5, 0.6) is 0 Å². The summed E-state index contributed by atoms with van der Waals surface area (Å²) in [4.78, 5) is 3.01. The first-order chi connectivity index (χ1) is 8.95. The summed E-state index contributed by atoms with van der Waals surface area (Å²) in [6.07, 6.45) is -3.05. The van der Waals surface area contributed by atoms with Gasteiger partial charge in [0.2, 0.25) is 0 Å². The number of benzene rings is 1. The highest BCUT2D eigenvalue weighted by molar-refractivity contribution is 5.23. The third-order valence-corrected chi connectivity index (χ3v) is 3.77. The molecule has 2 rings (SSSR count). The van der Waals surface area contributed by atoms with Crippen LogP contribution in [0.2, 0.25) is 0 Å². The van der Waals surface area contributed by atoms with Crippen molar-refractivity contribution in [1.82, 2.24) is 0 Å².